The molecule has 0 saturated heterocycles. The second-order valence-electron chi connectivity index (χ2n) is 7.51. The summed E-state index contributed by atoms with van der Waals surface area (Å²) in [6.07, 6.45) is 5.59. The Bertz CT molecular complexity index is 959. The summed E-state index contributed by atoms with van der Waals surface area (Å²) in [4.78, 5) is 19.9. The van der Waals surface area contributed by atoms with Gasteiger partial charge in [0.1, 0.15) is 0 Å². The third-order valence-corrected chi connectivity index (χ3v) is 5.41. The summed E-state index contributed by atoms with van der Waals surface area (Å²) in [6, 6.07) is 14.3. The molecule has 0 aliphatic heterocycles. The fraction of sp³-hybridized carbons (Fsp3) is 0.333. The Balaban J connectivity index is 1.26. The number of amides is 1. The van der Waals surface area contributed by atoms with Gasteiger partial charge in [0.15, 0.2) is 0 Å². The van der Waals surface area contributed by atoms with Gasteiger partial charge in [-0.25, -0.2) is 4.98 Å². The van der Waals surface area contributed by atoms with Gasteiger partial charge in [-0.15, -0.1) is 0 Å². The second-order valence-corrected chi connectivity index (χ2v) is 7.51. The Morgan fingerprint density at radius 3 is 3.00 bits per heavy atom. The van der Waals surface area contributed by atoms with Gasteiger partial charge in [-0.2, -0.15) is 0 Å². The maximum Gasteiger partial charge on any atom is 0.255 e. The van der Waals surface area contributed by atoms with Crippen LogP contribution in [0.2, 0.25) is 0 Å². The molecule has 132 valence electrons. The predicted octanol–water partition coefficient (Wildman–Crippen LogP) is 3.67. The average Bonchev–Trinajstić information content (AvgIpc) is 3.57. The monoisotopic (exact) mass is 346 g/mol. The summed E-state index contributed by atoms with van der Waals surface area (Å²) >= 11 is 0. The van der Waals surface area contributed by atoms with Crippen LogP contribution in [0.1, 0.15) is 41.1 Å². The summed E-state index contributed by atoms with van der Waals surface area (Å²) in [5.74, 6) is 1.37. The maximum atomic E-state index is 12.6. The maximum absolute atomic E-state index is 12.6. The van der Waals surface area contributed by atoms with E-state index < -0.39 is 0 Å². The van der Waals surface area contributed by atoms with Crippen molar-refractivity contribution < 1.29 is 4.79 Å². The Morgan fingerprint density at radius 1 is 1.19 bits per heavy atom. The molecule has 0 spiro atoms. The van der Waals surface area contributed by atoms with E-state index in [1.807, 2.05) is 36.4 Å². The number of nitrogens with zero attached hydrogens (tertiary/aromatic N) is 1. The molecule has 2 saturated carbocycles. The number of carbonyl (C=O) groups excluding carboxylic acids is 1. The molecule has 1 aromatic heterocycles. The lowest BCUT2D eigenvalue weighted by atomic mass is 10.1. The molecule has 0 radical (unpaired) electrons. The number of imidazole rings is 1. The van der Waals surface area contributed by atoms with Crippen LogP contribution < -0.4 is 10.6 Å². The Labute approximate surface area is 152 Å². The SMILES string of the molecule is O=C(Nc1ccc2nc[nH]c2c1)c1cccc([C@@H]2C[C@H]2NCC2CC2)c1. The van der Waals surface area contributed by atoms with Gasteiger partial charge in [0, 0.05) is 23.2 Å². The van der Waals surface area contributed by atoms with Crippen molar-refractivity contribution in [3.63, 3.8) is 0 Å². The second kappa shape index (κ2) is 6.25. The van der Waals surface area contributed by atoms with Crippen molar-refractivity contribution in [3.8, 4) is 0 Å². The molecule has 5 heteroatoms. The van der Waals surface area contributed by atoms with E-state index in [0.717, 1.165) is 29.2 Å². The first-order valence-corrected chi connectivity index (χ1v) is 9.34. The van der Waals surface area contributed by atoms with Crippen LogP contribution in [0.4, 0.5) is 5.69 Å². The number of nitrogens with one attached hydrogen (secondary N) is 3. The molecule has 2 aromatic carbocycles. The predicted molar refractivity (Wildman–Crippen MR) is 102 cm³/mol. The molecule has 2 atom stereocenters. The summed E-state index contributed by atoms with van der Waals surface area (Å²) in [5.41, 5.74) is 4.55. The Morgan fingerprint density at radius 2 is 2.12 bits per heavy atom. The molecule has 5 rings (SSSR count). The normalized spacial score (nSPS) is 21.7. The molecule has 2 aliphatic rings. The fourth-order valence-corrected chi connectivity index (χ4v) is 3.56. The van der Waals surface area contributed by atoms with E-state index >= 15 is 0 Å². The zero-order valence-electron chi connectivity index (χ0n) is 14.5. The molecule has 3 aromatic rings. The van der Waals surface area contributed by atoms with E-state index in [1.165, 1.54) is 24.8 Å². The van der Waals surface area contributed by atoms with Gasteiger partial charge < -0.3 is 15.6 Å². The van der Waals surface area contributed by atoms with E-state index in [1.54, 1.807) is 6.33 Å². The quantitative estimate of drug-likeness (QED) is 0.638. The molecule has 1 amide bonds. The Kier molecular flexibility index (Phi) is 3.75. The van der Waals surface area contributed by atoms with E-state index in [-0.39, 0.29) is 5.91 Å². The first-order valence-electron chi connectivity index (χ1n) is 9.34. The van der Waals surface area contributed by atoms with Crippen molar-refractivity contribution in [1.29, 1.82) is 0 Å². The molecule has 0 unspecified atom stereocenters. The summed E-state index contributed by atoms with van der Waals surface area (Å²) in [5, 5.41) is 6.64. The molecule has 3 N–H and O–H groups in total. The van der Waals surface area contributed by atoms with Crippen molar-refractivity contribution >= 4 is 22.6 Å². The standard InChI is InChI=1S/C21H22N4O/c26-21(25-16-6-7-18-20(9-16)24-12-23-18)15-3-1-2-14(8-15)17-10-19(17)22-11-13-4-5-13/h1-3,6-9,12-13,17,19,22H,4-5,10-11H2,(H,23,24)(H,25,26)/t17-,19+/m0/s1. The van der Waals surface area contributed by atoms with Gasteiger partial charge in [-0.1, -0.05) is 12.1 Å². The van der Waals surface area contributed by atoms with Crippen LogP contribution in [-0.4, -0.2) is 28.5 Å². The highest BCUT2D eigenvalue weighted by Crippen LogP contribution is 2.41. The van der Waals surface area contributed by atoms with Gasteiger partial charge in [-0.05, 0) is 67.6 Å². The number of aromatic amines is 1. The highest BCUT2D eigenvalue weighted by atomic mass is 16.1. The molecule has 26 heavy (non-hydrogen) atoms. The van der Waals surface area contributed by atoms with Crippen LogP contribution >= 0.6 is 0 Å². The van der Waals surface area contributed by atoms with Gasteiger partial charge in [0.05, 0.1) is 17.4 Å². The smallest absolute Gasteiger partial charge is 0.255 e. The van der Waals surface area contributed by atoms with Gasteiger partial charge in [0.25, 0.3) is 5.91 Å². The van der Waals surface area contributed by atoms with Crippen molar-refractivity contribution in [3.05, 3.63) is 59.9 Å². The van der Waals surface area contributed by atoms with Crippen molar-refractivity contribution in [2.75, 3.05) is 11.9 Å². The molecular formula is C21H22N4O. The number of anilines is 1. The van der Waals surface area contributed by atoms with E-state index in [0.29, 0.717) is 17.5 Å². The molecule has 0 bridgehead atoms. The van der Waals surface area contributed by atoms with Crippen LogP contribution in [0, 0.1) is 5.92 Å². The Hall–Kier alpha value is -2.66. The third kappa shape index (κ3) is 3.22. The number of hydrogen-bond acceptors (Lipinski definition) is 3. The zero-order valence-corrected chi connectivity index (χ0v) is 14.5. The lowest BCUT2D eigenvalue weighted by Crippen LogP contribution is -2.20. The zero-order chi connectivity index (χ0) is 17.5. The number of aromatic nitrogens is 2. The fourth-order valence-electron chi connectivity index (χ4n) is 3.56. The van der Waals surface area contributed by atoms with Gasteiger partial charge in [0.2, 0.25) is 0 Å². The highest BCUT2D eigenvalue weighted by Gasteiger charge is 2.39. The highest BCUT2D eigenvalue weighted by molar-refractivity contribution is 6.05. The van der Waals surface area contributed by atoms with Crippen LogP contribution in [-0.2, 0) is 0 Å². The summed E-state index contributed by atoms with van der Waals surface area (Å²) in [6.45, 7) is 1.15. The molecule has 5 nitrogen and oxygen atoms in total. The molecule has 2 aliphatic carbocycles. The van der Waals surface area contributed by atoms with Crippen LogP contribution in [0.5, 0.6) is 0 Å². The number of fused-ring (bicyclic) bond motifs is 1. The first kappa shape index (κ1) is 15.6. The van der Waals surface area contributed by atoms with Crippen LogP contribution in [0.25, 0.3) is 11.0 Å². The largest absolute Gasteiger partial charge is 0.345 e. The van der Waals surface area contributed by atoms with Crippen molar-refractivity contribution in [2.45, 2.75) is 31.2 Å². The van der Waals surface area contributed by atoms with Gasteiger partial charge in [-0.3, -0.25) is 4.79 Å². The van der Waals surface area contributed by atoms with E-state index in [4.69, 9.17) is 0 Å². The topological polar surface area (TPSA) is 69.8 Å². The third-order valence-electron chi connectivity index (χ3n) is 5.41. The minimum absolute atomic E-state index is 0.0751. The number of H-pyrrole nitrogens is 1. The lowest BCUT2D eigenvalue weighted by Gasteiger charge is -2.08. The summed E-state index contributed by atoms with van der Waals surface area (Å²) < 4.78 is 0. The van der Waals surface area contributed by atoms with E-state index in [2.05, 4.69) is 26.7 Å². The number of carbonyl (C=O) groups is 1. The molecule has 1 heterocycles. The van der Waals surface area contributed by atoms with Crippen molar-refractivity contribution in [2.24, 2.45) is 5.92 Å². The lowest BCUT2D eigenvalue weighted by molar-refractivity contribution is 0.102. The minimum atomic E-state index is -0.0751. The van der Waals surface area contributed by atoms with E-state index in [9.17, 15) is 4.79 Å². The molecule has 2 fully saturated rings. The van der Waals surface area contributed by atoms with Crippen molar-refractivity contribution in [1.82, 2.24) is 15.3 Å². The minimum Gasteiger partial charge on any atom is -0.345 e. The van der Waals surface area contributed by atoms with Crippen LogP contribution in [0.3, 0.4) is 0 Å². The van der Waals surface area contributed by atoms with Gasteiger partial charge >= 0.3 is 0 Å². The van der Waals surface area contributed by atoms with Crippen LogP contribution in [0.15, 0.2) is 48.8 Å². The number of hydrogen-bond donors (Lipinski definition) is 3. The number of rotatable bonds is 6. The molecular weight excluding hydrogens is 324 g/mol. The summed E-state index contributed by atoms with van der Waals surface area (Å²) in [7, 11) is 0. The average molecular weight is 346 g/mol. The first-order chi connectivity index (χ1) is 12.8. The number of benzene rings is 2.